The van der Waals surface area contributed by atoms with Gasteiger partial charge < -0.3 is 9.47 Å². The normalized spacial score (nSPS) is 15.2. The molecule has 0 unspecified atom stereocenters. The molecule has 1 aromatic carbocycles. The number of nitrogens with one attached hydrogen (secondary N) is 1. The van der Waals surface area contributed by atoms with Crippen molar-refractivity contribution < 1.29 is 9.47 Å². The molecule has 0 fully saturated rings. The topological polar surface area (TPSA) is 42.3 Å². The molecule has 0 atom stereocenters. The molecule has 0 bridgehead atoms. The Labute approximate surface area is 77.5 Å². The van der Waals surface area contributed by atoms with Crippen molar-refractivity contribution in [2.75, 3.05) is 13.2 Å². The van der Waals surface area contributed by atoms with Gasteiger partial charge in [0.2, 0.25) is 0 Å². The molecule has 3 nitrogen and oxygen atoms in total. The molecule has 2 rings (SSSR count). The minimum absolute atomic E-state index is 0.288. The first-order valence-electron chi connectivity index (χ1n) is 4.43. The van der Waals surface area contributed by atoms with Gasteiger partial charge >= 0.3 is 0 Å². The second kappa shape index (κ2) is 3.66. The second-order valence-electron chi connectivity index (χ2n) is 3.01. The van der Waals surface area contributed by atoms with Gasteiger partial charge in [0.05, 0.1) is 13.2 Å². The van der Waals surface area contributed by atoms with Crippen LogP contribution in [0.4, 0.5) is 0 Å². The zero-order valence-electron chi connectivity index (χ0n) is 7.38. The number of rotatable bonds is 1. The molecule has 69 valence electrons. The van der Waals surface area contributed by atoms with Crippen LogP contribution in [0.3, 0.4) is 0 Å². The van der Waals surface area contributed by atoms with E-state index in [-0.39, 0.29) is 6.54 Å². The Bertz CT molecular complexity index is 299. The average Bonchev–Trinajstić information content (AvgIpc) is 2.41. The van der Waals surface area contributed by atoms with Gasteiger partial charge in [-0.2, -0.15) is 0 Å². The van der Waals surface area contributed by atoms with E-state index in [1.807, 2.05) is 18.2 Å². The second-order valence-corrected chi connectivity index (χ2v) is 3.01. The molecule has 1 aliphatic rings. The zero-order chi connectivity index (χ0) is 9.10. The lowest BCUT2D eigenvalue weighted by Gasteiger charge is -2.07. The number of fused-ring (bicyclic) bond motifs is 1. The first kappa shape index (κ1) is 8.38. The molecule has 1 heterocycles. The van der Waals surface area contributed by atoms with Gasteiger partial charge in [0.15, 0.2) is 11.5 Å². The summed E-state index contributed by atoms with van der Waals surface area (Å²) in [6, 6.07) is 5.67. The van der Waals surface area contributed by atoms with Crippen LogP contribution in [-0.4, -0.2) is 13.2 Å². The Morgan fingerprint density at radius 3 is 2.69 bits per heavy atom. The highest BCUT2D eigenvalue weighted by Crippen LogP contribution is 2.30. The Balaban J connectivity index is 2.32. The first-order valence-corrected chi connectivity index (χ1v) is 4.43. The predicted octanol–water partition coefficient (Wildman–Crippen LogP) is 1.63. The molecular formula is C10H12NO2. The van der Waals surface area contributed by atoms with Crippen LogP contribution in [0.15, 0.2) is 18.2 Å². The summed E-state index contributed by atoms with van der Waals surface area (Å²) >= 11 is 0. The van der Waals surface area contributed by atoms with E-state index in [4.69, 9.17) is 15.2 Å². The number of ether oxygens (including phenoxy) is 2. The van der Waals surface area contributed by atoms with Gasteiger partial charge in [0, 0.05) is 13.0 Å². The lowest BCUT2D eigenvalue weighted by Crippen LogP contribution is -1.97. The van der Waals surface area contributed by atoms with Crippen molar-refractivity contribution in [3.05, 3.63) is 23.8 Å². The van der Waals surface area contributed by atoms with Gasteiger partial charge in [0.25, 0.3) is 0 Å². The molecule has 1 radical (unpaired) electrons. The van der Waals surface area contributed by atoms with E-state index in [2.05, 4.69) is 0 Å². The van der Waals surface area contributed by atoms with Crippen molar-refractivity contribution in [3.63, 3.8) is 0 Å². The zero-order valence-corrected chi connectivity index (χ0v) is 7.38. The van der Waals surface area contributed by atoms with Gasteiger partial charge in [-0.15, -0.1) is 0 Å². The van der Waals surface area contributed by atoms with Crippen LogP contribution in [0.25, 0.3) is 0 Å². The quantitative estimate of drug-likeness (QED) is 0.656. The van der Waals surface area contributed by atoms with Crippen LogP contribution in [0, 0.1) is 0 Å². The average molecular weight is 178 g/mol. The highest BCUT2D eigenvalue weighted by Gasteiger charge is 2.09. The monoisotopic (exact) mass is 178 g/mol. The van der Waals surface area contributed by atoms with Gasteiger partial charge in [-0.3, -0.25) is 5.73 Å². The van der Waals surface area contributed by atoms with Crippen LogP contribution in [0.1, 0.15) is 12.0 Å². The minimum atomic E-state index is 0.288. The van der Waals surface area contributed by atoms with Gasteiger partial charge in [0.1, 0.15) is 0 Å². The van der Waals surface area contributed by atoms with Crippen molar-refractivity contribution in [3.8, 4) is 11.5 Å². The molecule has 1 N–H and O–H groups in total. The van der Waals surface area contributed by atoms with Gasteiger partial charge in [-0.05, 0) is 17.7 Å². The standard InChI is InChI=1S/C10H12NO2/c11-7-8-2-3-9-10(6-8)13-5-1-4-12-9/h2-3,6,11H,1,4-5,7H2. The van der Waals surface area contributed by atoms with E-state index in [1.54, 1.807) is 0 Å². The first-order chi connectivity index (χ1) is 6.40. The van der Waals surface area contributed by atoms with Crippen LogP contribution in [0.2, 0.25) is 0 Å². The fraction of sp³-hybridized carbons (Fsp3) is 0.400. The molecule has 0 saturated heterocycles. The van der Waals surface area contributed by atoms with E-state index in [1.165, 1.54) is 0 Å². The molecule has 0 saturated carbocycles. The summed E-state index contributed by atoms with van der Waals surface area (Å²) in [4.78, 5) is 0. The van der Waals surface area contributed by atoms with Crippen LogP contribution in [0.5, 0.6) is 11.5 Å². The van der Waals surface area contributed by atoms with E-state index < -0.39 is 0 Å². The number of hydrogen-bond acceptors (Lipinski definition) is 2. The van der Waals surface area contributed by atoms with Crippen LogP contribution in [-0.2, 0) is 6.54 Å². The number of hydrogen-bond donors (Lipinski definition) is 0. The van der Waals surface area contributed by atoms with Crippen LogP contribution < -0.4 is 15.2 Å². The lowest BCUT2D eigenvalue weighted by molar-refractivity contribution is 0.297. The van der Waals surface area contributed by atoms with Crippen molar-refractivity contribution in [2.45, 2.75) is 13.0 Å². The Morgan fingerprint density at radius 1 is 1.15 bits per heavy atom. The summed E-state index contributed by atoms with van der Waals surface area (Å²) in [7, 11) is 0. The highest BCUT2D eigenvalue weighted by atomic mass is 16.5. The highest BCUT2D eigenvalue weighted by molar-refractivity contribution is 5.43. The minimum Gasteiger partial charge on any atom is -0.490 e. The summed E-state index contributed by atoms with van der Waals surface area (Å²) in [5, 5.41) is 0. The van der Waals surface area contributed by atoms with E-state index >= 15 is 0 Å². The fourth-order valence-corrected chi connectivity index (χ4v) is 1.32. The fourth-order valence-electron chi connectivity index (χ4n) is 1.32. The Morgan fingerprint density at radius 2 is 1.92 bits per heavy atom. The van der Waals surface area contributed by atoms with E-state index in [9.17, 15) is 0 Å². The van der Waals surface area contributed by atoms with Crippen molar-refractivity contribution in [1.29, 1.82) is 0 Å². The molecular weight excluding hydrogens is 166 g/mol. The SMILES string of the molecule is [NH]Cc1ccc2c(c1)OCCCO2. The van der Waals surface area contributed by atoms with E-state index in [0.29, 0.717) is 13.2 Å². The summed E-state index contributed by atoms with van der Waals surface area (Å²) in [6.07, 6.45) is 0.922. The van der Waals surface area contributed by atoms with Crippen molar-refractivity contribution in [2.24, 2.45) is 0 Å². The molecule has 0 aliphatic carbocycles. The Kier molecular flexibility index (Phi) is 2.36. The molecule has 0 aromatic heterocycles. The third-order valence-corrected chi connectivity index (χ3v) is 2.02. The molecule has 3 heteroatoms. The molecule has 1 aliphatic heterocycles. The van der Waals surface area contributed by atoms with Crippen molar-refractivity contribution >= 4 is 0 Å². The van der Waals surface area contributed by atoms with Crippen LogP contribution >= 0.6 is 0 Å². The summed E-state index contributed by atoms with van der Waals surface area (Å²) in [5.74, 6) is 1.58. The lowest BCUT2D eigenvalue weighted by atomic mass is 10.2. The maximum absolute atomic E-state index is 7.22. The largest absolute Gasteiger partial charge is 0.490 e. The smallest absolute Gasteiger partial charge is 0.161 e. The maximum Gasteiger partial charge on any atom is 0.161 e. The molecule has 13 heavy (non-hydrogen) atoms. The third-order valence-electron chi connectivity index (χ3n) is 2.02. The summed E-state index contributed by atoms with van der Waals surface area (Å²) in [5.41, 5.74) is 8.18. The maximum atomic E-state index is 7.22. The summed E-state index contributed by atoms with van der Waals surface area (Å²) < 4.78 is 10.9. The van der Waals surface area contributed by atoms with E-state index in [0.717, 1.165) is 23.5 Å². The predicted molar refractivity (Wildman–Crippen MR) is 48.8 cm³/mol. The Hall–Kier alpha value is -1.22. The van der Waals surface area contributed by atoms with Gasteiger partial charge in [-0.25, -0.2) is 0 Å². The van der Waals surface area contributed by atoms with Gasteiger partial charge in [-0.1, -0.05) is 6.07 Å². The molecule has 1 aromatic rings. The van der Waals surface area contributed by atoms with Crippen molar-refractivity contribution in [1.82, 2.24) is 5.73 Å². The molecule has 0 amide bonds. The molecule has 0 spiro atoms. The number of benzene rings is 1. The third kappa shape index (κ3) is 1.75. The summed E-state index contributed by atoms with van der Waals surface area (Å²) in [6.45, 7) is 1.71.